The van der Waals surface area contributed by atoms with Gasteiger partial charge in [0.25, 0.3) is 0 Å². The highest BCUT2D eigenvalue weighted by atomic mass is 35.5. The Balaban J connectivity index is 1.73. The molecule has 4 N–H and O–H groups in total. The number of hydrogen-bond donors (Lipinski definition) is 4. The summed E-state index contributed by atoms with van der Waals surface area (Å²) in [6.07, 6.45) is 2.84. The highest BCUT2D eigenvalue weighted by Gasteiger charge is 2.31. The maximum Gasteiger partial charge on any atom is 0.407 e. The molecule has 1 aliphatic carbocycles. The number of imidazole rings is 1. The molecule has 1 saturated carbocycles. The summed E-state index contributed by atoms with van der Waals surface area (Å²) in [5.74, 6) is 0.163. The van der Waals surface area contributed by atoms with Crippen molar-refractivity contribution in [3.63, 3.8) is 0 Å². The van der Waals surface area contributed by atoms with Crippen LogP contribution >= 0.6 is 11.6 Å². The summed E-state index contributed by atoms with van der Waals surface area (Å²) in [7, 11) is -2.84. The minimum Gasteiger partial charge on any atom is -0.453 e. The number of nitrogens with zero attached hydrogens (tertiary/aromatic N) is 3. The fraction of sp³-hybridized carbons (Fsp3) is 0.391. The second-order valence-corrected chi connectivity index (χ2v) is 10.7. The number of benzene rings is 1. The van der Waals surface area contributed by atoms with E-state index in [1.54, 1.807) is 19.9 Å². The van der Waals surface area contributed by atoms with Gasteiger partial charge in [-0.05, 0) is 38.0 Å². The van der Waals surface area contributed by atoms with E-state index >= 15 is 4.39 Å². The number of anilines is 1. The lowest BCUT2D eigenvalue weighted by Crippen LogP contribution is -2.37. The molecular formula is C23H27ClFN7O4S. The molecule has 0 saturated heterocycles. The average molecular weight is 552 g/mol. The summed E-state index contributed by atoms with van der Waals surface area (Å²) >= 11 is 6.23. The van der Waals surface area contributed by atoms with Crippen molar-refractivity contribution in [1.29, 1.82) is 0 Å². The monoisotopic (exact) mass is 551 g/mol. The molecule has 2 aromatic heterocycles. The van der Waals surface area contributed by atoms with Crippen molar-refractivity contribution in [1.82, 2.24) is 30.0 Å². The van der Waals surface area contributed by atoms with E-state index in [-0.39, 0.29) is 40.7 Å². The summed E-state index contributed by atoms with van der Waals surface area (Å²) in [6.45, 7) is 3.79. The van der Waals surface area contributed by atoms with Crippen LogP contribution in [0.2, 0.25) is 5.02 Å². The largest absolute Gasteiger partial charge is 0.453 e. The molecule has 1 aliphatic rings. The number of hydrogen-bond acceptors (Lipinski definition) is 8. The Morgan fingerprint density at radius 2 is 2.08 bits per heavy atom. The molecule has 0 aliphatic heterocycles. The van der Waals surface area contributed by atoms with Crippen LogP contribution in [0.4, 0.5) is 15.1 Å². The highest BCUT2D eigenvalue weighted by molar-refractivity contribution is 7.89. The number of nitrogens with one attached hydrogen (secondary N) is 4. The molecule has 1 fully saturated rings. The molecule has 198 valence electrons. The minimum absolute atomic E-state index is 0.0481. The van der Waals surface area contributed by atoms with Crippen molar-refractivity contribution in [3.8, 4) is 22.6 Å². The number of methoxy groups -OCH3 is 1. The summed E-state index contributed by atoms with van der Waals surface area (Å²) < 4.78 is 47.8. The van der Waals surface area contributed by atoms with E-state index in [2.05, 4.69) is 40.0 Å². The predicted molar refractivity (Wildman–Crippen MR) is 136 cm³/mol. The smallest absolute Gasteiger partial charge is 0.407 e. The molecule has 0 bridgehead atoms. The van der Waals surface area contributed by atoms with Crippen LogP contribution in [0.3, 0.4) is 0 Å². The number of H-pyrrole nitrogens is 1. The van der Waals surface area contributed by atoms with E-state index in [4.69, 9.17) is 11.6 Å². The number of aromatic nitrogens is 4. The Bertz CT molecular complexity index is 1410. The fourth-order valence-corrected chi connectivity index (χ4v) is 5.11. The first-order chi connectivity index (χ1) is 17.6. The number of rotatable bonds is 10. The molecule has 2 heterocycles. The first kappa shape index (κ1) is 26.8. The first-order valence-electron chi connectivity index (χ1n) is 11.6. The maximum atomic E-state index is 15.7. The Morgan fingerprint density at radius 1 is 1.32 bits per heavy atom. The van der Waals surface area contributed by atoms with Gasteiger partial charge in [-0.2, -0.15) is 0 Å². The lowest BCUT2D eigenvalue weighted by molar-refractivity contribution is 0.168. The second-order valence-electron chi connectivity index (χ2n) is 8.57. The van der Waals surface area contributed by atoms with E-state index < -0.39 is 26.8 Å². The third-order valence-electron chi connectivity index (χ3n) is 5.60. The van der Waals surface area contributed by atoms with Crippen LogP contribution in [0.1, 0.15) is 38.4 Å². The Labute approximate surface area is 218 Å². The summed E-state index contributed by atoms with van der Waals surface area (Å²) in [5, 5.41) is 5.72. The van der Waals surface area contributed by atoms with Crippen LogP contribution in [-0.4, -0.2) is 60.7 Å². The predicted octanol–water partition coefficient (Wildman–Crippen LogP) is 3.66. The third-order valence-corrected chi connectivity index (χ3v) is 7.36. The van der Waals surface area contributed by atoms with Crippen LogP contribution < -0.4 is 15.4 Å². The zero-order valence-electron chi connectivity index (χ0n) is 20.4. The number of sulfonamides is 1. The summed E-state index contributed by atoms with van der Waals surface area (Å²) in [6, 6.07) is 3.77. The van der Waals surface area contributed by atoms with E-state index in [0.29, 0.717) is 23.8 Å². The Kier molecular flexibility index (Phi) is 7.95. The number of amides is 1. The van der Waals surface area contributed by atoms with Gasteiger partial charge < -0.3 is 20.4 Å². The number of halogens is 2. The first-order valence-corrected chi connectivity index (χ1v) is 13.5. The van der Waals surface area contributed by atoms with E-state index in [1.807, 2.05) is 0 Å². The maximum absolute atomic E-state index is 15.7. The SMILES string of the molecule is CCNS(=O)(=O)c1cc(Cl)cc(-c2nc(C3CC3)[nH]c2-c2ccnc(NC[C@H](C)NC(=O)OC)n2)c1F. The minimum atomic E-state index is -4.12. The Hall–Kier alpha value is -3.29. The molecule has 0 radical (unpaired) electrons. The molecule has 1 atom stereocenters. The van der Waals surface area contributed by atoms with Crippen LogP contribution in [0.5, 0.6) is 0 Å². The number of aromatic amines is 1. The van der Waals surface area contributed by atoms with Gasteiger partial charge in [-0.15, -0.1) is 0 Å². The van der Waals surface area contributed by atoms with Gasteiger partial charge >= 0.3 is 6.09 Å². The average Bonchev–Trinajstić information content (AvgIpc) is 3.62. The van der Waals surface area contributed by atoms with Crippen molar-refractivity contribution < 1.29 is 22.3 Å². The number of alkyl carbamates (subject to hydrolysis) is 1. The van der Waals surface area contributed by atoms with Crippen LogP contribution in [0, 0.1) is 5.82 Å². The summed E-state index contributed by atoms with van der Waals surface area (Å²) in [4.78, 5) is 27.4. The van der Waals surface area contributed by atoms with Crippen molar-refractivity contribution >= 4 is 33.7 Å². The molecule has 14 heteroatoms. The van der Waals surface area contributed by atoms with Gasteiger partial charge in [-0.25, -0.2) is 37.3 Å². The quantitative estimate of drug-likeness (QED) is 0.298. The van der Waals surface area contributed by atoms with Crippen LogP contribution in [0.15, 0.2) is 29.3 Å². The van der Waals surface area contributed by atoms with Gasteiger partial charge in [0.05, 0.1) is 18.5 Å². The molecule has 37 heavy (non-hydrogen) atoms. The molecule has 3 aromatic rings. The van der Waals surface area contributed by atoms with E-state index in [1.165, 1.54) is 19.4 Å². The van der Waals surface area contributed by atoms with Gasteiger partial charge in [0.2, 0.25) is 16.0 Å². The van der Waals surface area contributed by atoms with Gasteiger partial charge in [-0.1, -0.05) is 18.5 Å². The normalized spacial score (nSPS) is 14.3. The molecule has 1 aromatic carbocycles. The lowest BCUT2D eigenvalue weighted by atomic mass is 10.1. The molecule has 11 nitrogen and oxygen atoms in total. The molecule has 1 amide bonds. The van der Waals surface area contributed by atoms with Gasteiger partial charge in [-0.3, -0.25) is 0 Å². The number of carbonyl (C=O) groups is 1. The van der Waals surface area contributed by atoms with Crippen LogP contribution in [-0.2, 0) is 14.8 Å². The molecule has 0 spiro atoms. The van der Waals surface area contributed by atoms with Crippen molar-refractivity contribution in [2.75, 3.05) is 25.5 Å². The Morgan fingerprint density at radius 3 is 2.76 bits per heavy atom. The second kappa shape index (κ2) is 11.0. The van der Waals surface area contributed by atoms with Crippen molar-refractivity contribution in [3.05, 3.63) is 41.1 Å². The number of ether oxygens (including phenoxy) is 1. The van der Waals surface area contributed by atoms with Crippen molar-refractivity contribution in [2.24, 2.45) is 0 Å². The van der Waals surface area contributed by atoms with Crippen molar-refractivity contribution in [2.45, 2.75) is 43.5 Å². The highest BCUT2D eigenvalue weighted by Crippen LogP contribution is 2.42. The van der Waals surface area contributed by atoms with Gasteiger partial charge in [0.1, 0.15) is 16.4 Å². The lowest BCUT2D eigenvalue weighted by Gasteiger charge is -2.14. The van der Waals surface area contributed by atoms with Gasteiger partial charge in [0.15, 0.2) is 5.82 Å². The van der Waals surface area contributed by atoms with Crippen LogP contribution in [0.25, 0.3) is 22.6 Å². The molecule has 4 rings (SSSR count). The van der Waals surface area contributed by atoms with E-state index in [0.717, 1.165) is 18.9 Å². The number of carbonyl (C=O) groups excluding carboxylic acids is 1. The third kappa shape index (κ3) is 6.17. The zero-order valence-corrected chi connectivity index (χ0v) is 22.0. The summed E-state index contributed by atoms with van der Waals surface area (Å²) in [5.41, 5.74) is 0.948. The topological polar surface area (TPSA) is 151 Å². The fourth-order valence-electron chi connectivity index (χ4n) is 3.66. The molecule has 0 unspecified atom stereocenters. The standard InChI is InChI=1S/C23H27ClFN7O4S/c1-4-28-37(34,35)17-10-14(24)9-15(18(17)25)19-20(32-21(31-19)13-5-6-13)16-7-8-26-22(30-16)27-11-12(2)29-23(33)36-3/h7-10,12-13,28H,4-6,11H2,1-3H3,(H,29,33)(H,31,32)(H,26,27,30)/t12-/m0/s1. The van der Waals surface area contributed by atoms with Gasteiger partial charge in [0, 0.05) is 41.8 Å². The zero-order chi connectivity index (χ0) is 26.7. The molecular weight excluding hydrogens is 525 g/mol. The van der Waals surface area contributed by atoms with E-state index in [9.17, 15) is 13.2 Å².